The van der Waals surface area contributed by atoms with E-state index in [1.54, 1.807) is 13.2 Å². The monoisotopic (exact) mass is 800 g/mol. The van der Waals surface area contributed by atoms with E-state index in [0.717, 1.165) is 50.2 Å². The van der Waals surface area contributed by atoms with Crippen molar-refractivity contribution in [2.75, 3.05) is 46.4 Å². The van der Waals surface area contributed by atoms with E-state index in [-0.39, 0.29) is 29.7 Å². The van der Waals surface area contributed by atoms with Crippen molar-refractivity contribution < 1.29 is 44.0 Å². The number of fused-ring (bicyclic) bond motifs is 4. The Kier molecular flexibility index (Phi) is 8.18. The Morgan fingerprint density at radius 3 is 2.36 bits per heavy atom. The summed E-state index contributed by atoms with van der Waals surface area (Å²) in [5.74, 6) is -8.09. The first kappa shape index (κ1) is 34.9. The lowest BCUT2D eigenvalue weighted by molar-refractivity contribution is -0.136. The van der Waals surface area contributed by atoms with Gasteiger partial charge in [-0.05, 0) is 37.2 Å². The summed E-state index contributed by atoms with van der Waals surface area (Å²) in [6.07, 6.45) is 4.02. The number of halogens is 1. The summed E-state index contributed by atoms with van der Waals surface area (Å²) in [6, 6.07) is -0.113. The molecule has 1 aliphatic heterocycles. The largest absolute Gasteiger partial charge is 0.510 e. The number of methoxy groups -OCH3 is 1. The number of nitrogens with two attached hydrogens (primary N) is 2. The van der Waals surface area contributed by atoms with Crippen molar-refractivity contribution in [1.82, 2.24) is 8.01 Å². The number of phenols is 1. The Morgan fingerprint density at radius 1 is 1.06 bits per heavy atom. The molecule has 1 heterocycles. The van der Waals surface area contributed by atoms with Gasteiger partial charge in [0.15, 0.2) is 5.78 Å². The zero-order valence-electron chi connectivity index (χ0n) is 28.4. The van der Waals surface area contributed by atoms with Crippen LogP contribution in [0.15, 0.2) is 29.0 Å². The Morgan fingerprint density at radius 2 is 1.74 bits per heavy atom. The molecule has 2 aromatic carbocycles. The zero-order valence-corrected chi connectivity index (χ0v) is 30.5. The second-order valence-corrected chi connectivity index (χ2v) is 16.1. The van der Waals surface area contributed by atoms with Crippen LogP contribution in [0.5, 0.6) is 17.2 Å². The smallest absolute Gasteiger partial charge is 0.255 e. The van der Waals surface area contributed by atoms with Gasteiger partial charge in [-0.25, -0.2) is 3.11 Å². The fraction of sp³-hybridized carbons (Fsp3) is 0.500. The standard InChI is InChI=1S/C36H41IN4O9/c1-16-6-5-7-34(2,3)35(16)15-17-20-22(18(14-19(49-4)25(20)35)50-13-12-40-8-10-41(37)11-9-40)28(42)23-21(17)29(43)26-27(38)30(44)24(33(39)47)32(46)36(26,48)31(23)45/h6,14,26-27,42,44,48H,5,7-13,15,38H2,1-4H3,(H2,39,47)/t26-,27+,35+,36+/m1/s1. The number of hydrogen-bond donors (Lipinski definition) is 5. The third kappa shape index (κ3) is 4.44. The van der Waals surface area contributed by atoms with Crippen LogP contribution in [0, 0.1) is 11.3 Å². The predicted molar refractivity (Wildman–Crippen MR) is 191 cm³/mol. The van der Waals surface area contributed by atoms with E-state index >= 15 is 0 Å². The molecule has 1 spiro atoms. The number of amides is 1. The van der Waals surface area contributed by atoms with Gasteiger partial charge in [0.2, 0.25) is 17.2 Å². The van der Waals surface area contributed by atoms with Gasteiger partial charge in [0.25, 0.3) is 5.91 Å². The van der Waals surface area contributed by atoms with Gasteiger partial charge in [-0.15, -0.1) is 0 Å². The molecule has 2 aromatic rings. The predicted octanol–water partition coefficient (Wildman–Crippen LogP) is 2.39. The molecule has 1 amide bonds. The highest BCUT2D eigenvalue weighted by Crippen LogP contribution is 2.65. The van der Waals surface area contributed by atoms with Crippen molar-refractivity contribution >= 4 is 56.9 Å². The van der Waals surface area contributed by atoms with Crippen molar-refractivity contribution in [3.05, 3.63) is 51.3 Å². The summed E-state index contributed by atoms with van der Waals surface area (Å²) in [5, 5.41) is 35.6. The maximum Gasteiger partial charge on any atom is 0.255 e. The number of rotatable bonds is 6. The lowest BCUT2D eigenvalue weighted by Gasteiger charge is -2.49. The van der Waals surface area contributed by atoms with Crippen molar-refractivity contribution in [2.45, 2.75) is 57.1 Å². The normalized spacial score (nSPS) is 29.3. The van der Waals surface area contributed by atoms with Crippen LogP contribution in [-0.2, 0) is 21.4 Å². The van der Waals surface area contributed by atoms with E-state index in [1.165, 1.54) is 0 Å². The molecule has 0 saturated carbocycles. The Bertz CT molecular complexity index is 1980. The van der Waals surface area contributed by atoms with Gasteiger partial charge in [-0.1, -0.05) is 25.5 Å². The molecule has 50 heavy (non-hydrogen) atoms. The lowest BCUT2D eigenvalue weighted by atomic mass is 9.54. The molecule has 14 heteroatoms. The summed E-state index contributed by atoms with van der Waals surface area (Å²) in [5.41, 5.74) is 7.68. The van der Waals surface area contributed by atoms with E-state index in [1.807, 2.05) is 6.92 Å². The van der Waals surface area contributed by atoms with Crippen LogP contribution >= 0.6 is 22.9 Å². The topological polar surface area (TPSA) is 206 Å². The van der Waals surface area contributed by atoms with Crippen molar-refractivity contribution in [3.8, 4) is 17.2 Å². The van der Waals surface area contributed by atoms with E-state index in [0.29, 0.717) is 23.2 Å². The summed E-state index contributed by atoms with van der Waals surface area (Å²) >= 11 is 2.30. The molecule has 4 atom stereocenters. The minimum Gasteiger partial charge on any atom is -0.510 e. The number of aliphatic hydroxyl groups is 2. The highest BCUT2D eigenvalue weighted by molar-refractivity contribution is 14.1. The Balaban J connectivity index is 1.50. The number of carbonyl (C=O) groups excluding carboxylic acids is 4. The number of allylic oxidation sites excluding steroid dienone is 2. The SMILES string of the molecule is COc1cc(OCCN2CCN(I)CC2)c2c(O)c3c(c4c2c1[C@]1(C4)C(C)=CCCC1(C)C)C(=O)[C@H]1[C@H](N)C(O)=C(C(N)=O)C(=O)[C@@]1(O)C3=O. The summed E-state index contributed by atoms with van der Waals surface area (Å²) in [6.45, 7) is 10.6. The van der Waals surface area contributed by atoms with Gasteiger partial charge < -0.3 is 36.3 Å². The average molecular weight is 801 g/mol. The summed E-state index contributed by atoms with van der Waals surface area (Å²) < 4.78 is 14.7. The molecule has 13 nitrogen and oxygen atoms in total. The molecule has 7 rings (SSSR count). The van der Waals surface area contributed by atoms with E-state index in [9.17, 15) is 34.5 Å². The third-order valence-corrected chi connectivity index (χ3v) is 13.0. The molecule has 0 bridgehead atoms. The van der Waals surface area contributed by atoms with Gasteiger partial charge in [-0.3, -0.25) is 24.1 Å². The minimum atomic E-state index is -3.20. The molecule has 0 aromatic heterocycles. The number of primary amides is 1. The van der Waals surface area contributed by atoms with Crippen molar-refractivity contribution in [1.29, 1.82) is 0 Å². The number of piperazine rings is 1. The second-order valence-electron chi connectivity index (χ2n) is 14.7. The fourth-order valence-corrected chi connectivity index (χ4v) is 9.78. The number of phenolic OH excluding ortho intramolecular Hbond substituents is 1. The highest BCUT2D eigenvalue weighted by atomic mass is 127. The molecule has 266 valence electrons. The molecule has 7 N–H and O–H groups in total. The minimum absolute atomic E-state index is 0.155. The number of aliphatic hydroxyl groups excluding tert-OH is 1. The van der Waals surface area contributed by atoms with Crippen LogP contribution in [-0.4, -0.2) is 105 Å². The van der Waals surface area contributed by atoms with E-state index in [4.69, 9.17) is 20.9 Å². The van der Waals surface area contributed by atoms with Gasteiger partial charge >= 0.3 is 0 Å². The molecular weight excluding hydrogens is 759 g/mol. The fourth-order valence-electron chi connectivity index (χ4n) is 9.34. The first-order valence-corrected chi connectivity index (χ1v) is 17.7. The number of carbonyl (C=O) groups is 4. The number of Topliss-reactive ketones (excluding diaryl/α,β-unsaturated/α-hetero) is 3. The number of hydrogen-bond acceptors (Lipinski definition) is 12. The van der Waals surface area contributed by atoms with Crippen LogP contribution in [0.3, 0.4) is 0 Å². The maximum absolute atomic E-state index is 14.7. The van der Waals surface area contributed by atoms with E-state index < -0.39 is 74.3 Å². The average Bonchev–Trinajstić information content (AvgIpc) is 3.42. The van der Waals surface area contributed by atoms with Gasteiger partial charge in [0, 0.05) is 83.6 Å². The number of nitrogens with zero attached hydrogens (tertiary/aromatic N) is 2. The Hall–Kier alpha value is -3.57. The molecule has 1 fully saturated rings. The maximum atomic E-state index is 14.7. The summed E-state index contributed by atoms with van der Waals surface area (Å²) in [7, 11) is 1.55. The van der Waals surface area contributed by atoms with Crippen LogP contribution in [0.4, 0.5) is 0 Å². The second kappa shape index (κ2) is 11.7. The van der Waals surface area contributed by atoms with Crippen LogP contribution in [0.2, 0.25) is 0 Å². The molecule has 4 aliphatic carbocycles. The third-order valence-electron chi connectivity index (χ3n) is 12.0. The lowest BCUT2D eigenvalue weighted by Crippen LogP contribution is -2.67. The van der Waals surface area contributed by atoms with E-state index in [2.05, 4.69) is 50.8 Å². The number of ketones is 3. The van der Waals surface area contributed by atoms with Crippen LogP contribution in [0.25, 0.3) is 10.8 Å². The highest BCUT2D eigenvalue weighted by Gasteiger charge is 2.67. The van der Waals surface area contributed by atoms with Crippen molar-refractivity contribution in [3.63, 3.8) is 0 Å². The quantitative estimate of drug-likeness (QED) is 0.0940. The molecule has 1 saturated heterocycles. The van der Waals surface area contributed by atoms with Gasteiger partial charge in [0.1, 0.15) is 35.2 Å². The molecule has 0 radical (unpaired) electrons. The van der Waals surface area contributed by atoms with Crippen LogP contribution < -0.4 is 20.9 Å². The van der Waals surface area contributed by atoms with Crippen LogP contribution in [0.1, 0.15) is 65.5 Å². The Labute approximate surface area is 302 Å². The number of aromatic hydroxyl groups is 1. The van der Waals surface area contributed by atoms with Crippen molar-refractivity contribution in [2.24, 2.45) is 22.8 Å². The number of benzene rings is 2. The molecule has 0 unspecified atom stereocenters. The van der Waals surface area contributed by atoms with Gasteiger partial charge in [-0.2, -0.15) is 0 Å². The zero-order chi connectivity index (χ0) is 36.2. The van der Waals surface area contributed by atoms with Gasteiger partial charge in [0.05, 0.1) is 30.0 Å². The molecule has 5 aliphatic rings. The number of ether oxygens (including phenoxy) is 2. The summed E-state index contributed by atoms with van der Waals surface area (Å²) in [4.78, 5) is 57.5. The first-order valence-electron chi connectivity index (χ1n) is 16.7. The molecular formula is C36H41IN4O9. The first-order chi connectivity index (χ1) is 23.5.